The quantitative estimate of drug-likeness (QED) is 0.481. The van der Waals surface area contributed by atoms with Crippen LogP contribution in [0.3, 0.4) is 0 Å². The van der Waals surface area contributed by atoms with E-state index >= 15 is 0 Å². The lowest BCUT2D eigenvalue weighted by Gasteiger charge is -2.27. The van der Waals surface area contributed by atoms with Gasteiger partial charge < -0.3 is 25.9 Å². The van der Waals surface area contributed by atoms with Crippen LogP contribution >= 0.6 is 0 Å². The van der Waals surface area contributed by atoms with E-state index in [1.807, 2.05) is 0 Å². The van der Waals surface area contributed by atoms with Crippen LogP contribution in [0.2, 0.25) is 0 Å². The molecule has 3 amide bonds. The maximum absolute atomic E-state index is 12.5. The number of carbonyl (C=O) groups excluding carboxylic acids is 3. The van der Waals surface area contributed by atoms with Crippen molar-refractivity contribution in [1.82, 2.24) is 16.0 Å². The fraction of sp³-hybridized carbons (Fsp3) is 0.765. The van der Waals surface area contributed by atoms with Gasteiger partial charge >= 0.3 is 6.09 Å². The zero-order valence-corrected chi connectivity index (χ0v) is 14.3. The van der Waals surface area contributed by atoms with Crippen molar-refractivity contribution in [3.05, 3.63) is 0 Å². The van der Waals surface area contributed by atoms with E-state index in [9.17, 15) is 19.2 Å². The monoisotopic (exact) mass is 353 g/mol. The first-order valence-corrected chi connectivity index (χ1v) is 9.02. The number of hydrogen-bond acceptors (Lipinski definition) is 4. The second kappa shape index (κ2) is 9.39. The van der Waals surface area contributed by atoms with Gasteiger partial charge in [0.15, 0.2) is 0 Å². The summed E-state index contributed by atoms with van der Waals surface area (Å²) in [4.78, 5) is 46.4. The number of nitrogens with one attached hydrogen (secondary N) is 3. The summed E-state index contributed by atoms with van der Waals surface area (Å²) in [7, 11) is 0. The van der Waals surface area contributed by atoms with E-state index < -0.39 is 24.1 Å². The Morgan fingerprint density at radius 2 is 1.88 bits per heavy atom. The van der Waals surface area contributed by atoms with Crippen LogP contribution in [-0.2, 0) is 14.4 Å². The second-order valence-electron chi connectivity index (χ2n) is 7.01. The summed E-state index contributed by atoms with van der Waals surface area (Å²) >= 11 is 0. The first kappa shape index (κ1) is 19.2. The molecule has 0 spiro atoms. The third-order valence-corrected chi connectivity index (χ3v) is 5.10. The zero-order chi connectivity index (χ0) is 18.2. The molecule has 0 unspecified atom stereocenters. The largest absolute Gasteiger partial charge is 0.465 e. The molecule has 1 aliphatic heterocycles. The lowest BCUT2D eigenvalue weighted by molar-refractivity contribution is -0.127. The number of hydrogen-bond donors (Lipinski definition) is 4. The standard InChI is InChI=1S/C17H27N3O5/c21-10-13(9-12-6-7-18-15(12)22)19-16(23)14(20-17(24)25)8-11-4-2-1-3-5-11/h10-14,20H,1-9H2,(H,18,22)(H,19,23)(H,24,25)/t12-,13-,14-/m0/s1. The Bertz CT molecular complexity index is 505. The van der Waals surface area contributed by atoms with Crippen LogP contribution in [0.4, 0.5) is 4.79 Å². The van der Waals surface area contributed by atoms with Crippen LogP contribution in [-0.4, -0.2) is 47.9 Å². The van der Waals surface area contributed by atoms with Gasteiger partial charge in [-0.15, -0.1) is 0 Å². The van der Waals surface area contributed by atoms with Gasteiger partial charge in [0.25, 0.3) is 0 Å². The molecule has 2 aliphatic rings. The summed E-state index contributed by atoms with van der Waals surface area (Å²) in [5, 5.41) is 16.6. The van der Waals surface area contributed by atoms with E-state index in [1.165, 1.54) is 6.42 Å². The van der Waals surface area contributed by atoms with Crippen molar-refractivity contribution in [2.24, 2.45) is 11.8 Å². The van der Waals surface area contributed by atoms with Crippen LogP contribution in [0.15, 0.2) is 0 Å². The van der Waals surface area contributed by atoms with E-state index in [1.54, 1.807) is 0 Å². The minimum Gasteiger partial charge on any atom is -0.465 e. The molecule has 0 aromatic heterocycles. The van der Waals surface area contributed by atoms with Crippen LogP contribution in [0.25, 0.3) is 0 Å². The van der Waals surface area contributed by atoms with E-state index in [2.05, 4.69) is 16.0 Å². The number of carbonyl (C=O) groups is 4. The molecule has 0 aromatic carbocycles. The van der Waals surface area contributed by atoms with Crippen molar-refractivity contribution in [2.75, 3.05) is 6.54 Å². The fourth-order valence-electron chi connectivity index (χ4n) is 3.74. The van der Waals surface area contributed by atoms with Gasteiger partial charge in [-0.25, -0.2) is 4.79 Å². The Kier molecular flexibility index (Phi) is 7.21. The third kappa shape index (κ3) is 6.03. The summed E-state index contributed by atoms with van der Waals surface area (Å²) < 4.78 is 0. The van der Waals surface area contributed by atoms with E-state index in [0.29, 0.717) is 31.6 Å². The lowest BCUT2D eigenvalue weighted by atomic mass is 9.84. The first-order valence-electron chi connectivity index (χ1n) is 9.02. The molecule has 1 saturated heterocycles. The number of aldehydes is 1. The molecule has 8 nitrogen and oxygen atoms in total. The molecule has 140 valence electrons. The van der Waals surface area contributed by atoms with Gasteiger partial charge in [-0.05, 0) is 25.2 Å². The second-order valence-corrected chi connectivity index (χ2v) is 7.01. The molecule has 4 N–H and O–H groups in total. The van der Waals surface area contributed by atoms with Gasteiger partial charge in [0.1, 0.15) is 12.3 Å². The van der Waals surface area contributed by atoms with Crippen molar-refractivity contribution in [3.8, 4) is 0 Å². The number of carboxylic acid groups (broad SMARTS) is 1. The van der Waals surface area contributed by atoms with Crippen molar-refractivity contribution < 1.29 is 24.3 Å². The molecule has 3 atom stereocenters. The zero-order valence-electron chi connectivity index (χ0n) is 14.3. The normalized spacial score (nSPS) is 23.4. The Hall–Kier alpha value is -2.12. The summed E-state index contributed by atoms with van der Waals surface area (Å²) in [5.74, 6) is -0.585. The molecular formula is C17H27N3O5. The molecule has 0 radical (unpaired) electrons. The Morgan fingerprint density at radius 1 is 1.16 bits per heavy atom. The number of rotatable bonds is 8. The van der Waals surface area contributed by atoms with Crippen molar-refractivity contribution in [3.63, 3.8) is 0 Å². The fourth-order valence-corrected chi connectivity index (χ4v) is 3.74. The number of amides is 3. The summed E-state index contributed by atoms with van der Waals surface area (Å²) in [6.45, 7) is 0.577. The van der Waals surface area contributed by atoms with E-state index in [-0.39, 0.29) is 18.2 Å². The van der Waals surface area contributed by atoms with Gasteiger partial charge in [0, 0.05) is 12.5 Å². The van der Waals surface area contributed by atoms with Crippen LogP contribution in [0.5, 0.6) is 0 Å². The Balaban J connectivity index is 1.92. The molecule has 25 heavy (non-hydrogen) atoms. The highest BCUT2D eigenvalue weighted by Gasteiger charge is 2.30. The highest BCUT2D eigenvalue weighted by molar-refractivity contribution is 5.87. The summed E-state index contributed by atoms with van der Waals surface area (Å²) in [5.41, 5.74) is 0. The molecule has 0 aromatic rings. The maximum Gasteiger partial charge on any atom is 0.405 e. The Labute approximate surface area is 147 Å². The minimum atomic E-state index is -1.26. The van der Waals surface area contributed by atoms with Gasteiger partial charge in [0.05, 0.1) is 6.04 Å². The van der Waals surface area contributed by atoms with E-state index in [4.69, 9.17) is 5.11 Å². The van der Waals surface area contributed by atoms with Crippen LogP contribution in [0, 0.1) is 11.8 Å². The summed E-state index contributed by atoms with van der Waals surface area (Å²) in [6, 6.07) is -1.66. The van der Waals surface area contributed by atoms with Gasteiger partial charge in [0.2, 0.25) is 11.8 Å². The van der Waals surface area contributed by atoms with Gasteiger partial charge in [-0.1, -0.05) is 32.1 Å². The highest BCUT2D eigenvalue weighted by atomic mass is 16.4. The SMILES string of the molecule is O=C[C@H](C[C@@H]1CCNC1=O)NC(=O)[C@H](CC1CCCCC1)NC(=O)O. The smallest absolute Gasteiger partial charge is 0.405 e. The highest BCUT2D eigenvalue weighted by Crippen LogP contribution is 2.27. The molecular weight excluding hydrogens is 326 g/mol. The molecule has 1 aliphatic carbocycles. The van der Waals surface area contributed by atoms with Crippen LogP contribution < -0.4 is 16.0 Å². The molecule has 2 fully saturated rings. The topological polar surface area (TPSA) is 125 Å². The van der Waals surface area contributed by atoms with Crippen LogP contribution in [0.1, 0.15) is 51.4 Å². The summed E-state index contributed by atoms with van der Waals surface area (Å²) in [6.07, 6.45) is 6.02. The molecule has 8 heteroatoms. The first-order chi connectivity index (χ1) is 12.0. The van der Waals surface area contributed by atoms with Gasteiger partial charge in [-0.3, -0.25) is 9.59 Å². The van der Waals surface area contributed by atoms with E-state index in [0.717, 1.165) is 25.7 Å². The molecule has 2 rings (SSSR count). The van der Waals surface area contributed by atoms with Crippen molar-refractivity contribution in [2.45, 2.75) is 63.5 Å². The predicted molar refractivity (Wildman–Crippen MR) is 89.9 cm³/mol. The average molecular weight is 353 g/mol. The molecule has 0 bridgehead atoms. The van der Waals surface area contributed by atoms with Crippen molar-refractivity contribution >= 4 is 24.2 Å². The average Bonchev–Trinajstić information content (AvgIpc) is 2.99. The minimum absolute atomic E-state index is 0.108. The maximum atomic E-state index is 12.5. The van der Waals surface area contributed by atoms with Crippen molar-refractivity contribution in [1.29, 1.82) is 0 Å². The predicted octanol–water partition coefficient (Wildman–Crippen LogP) is 0.803. The lowest BCUT2D eigenvalue weighted by Crippen LogP contribution is -2.51. The third-order valence-electron chi connectivity index (χ3n) is 5.10. The molecule has 1 heterocycles. The Morgan fingerprint density at radius 3 is 2.44 bits per heavy atom. The molecule has 1 saturated carbocycles. The van der Waals surface area contributed by atoms with Gasteiger partial charge in [-0.2, -0.15) is 0 Å².